The van der Waals surface area contributed by atoms with E-state index in [2.05, 4.69) is 20.1 Å². The van der Waals surface area contributed by atoms with Gasteiger partial charge in [-0.25, -0.2) is 14.8 Å². The van der Waals surface area contributed by atoms with Gasteiger partial charge in [-0.15, -0.1) is 5.10 Å². The summed E-state index contributed by atoms with van der Waals surface area (Å²) in [6.45, 7) is 3.08. The van der Waals surface area contributed by atoms with Gasteiger partial charge in [0.2, 0.25) is 5.88 Å². The van der Waals surface area contributed by atoms with Crippen LogP contribution >= 0.6 is 0 Å². The Kier molecular flexibility index (Phi) is 3.56. The zero-order chi connectivity index (χ0) is 16.5. The Morgan fingerprint density at radius 1 is 1.33 bits per heavy atom. The van der Waals surface area contributed by atoms with Gasteiger partial charge in [-0.2, -0.15) is 4.68 Å². The lowest BCUT2D eigenvalue weighted by molar-refractivity contribution is 0.218. The molecule has 0 atom stereocenters. The van der Waals surface area contributed by atoms with Crippen LogP contribution in [0.15, 0.2) is 35.2 Å². The zero-order valence-electron chi connectivity index (χ0n) is 13.2. The highest BCUT2D eigenvalue weighted by molar-refractivity contribution is 5.82. The van der Waals surface area contributed by atoms with E-state index >= 15 is 0 Å². The number of carbonyl (C=O) groups is 1. The number of carbonyl (C=O) groups excluding carboxylic acids is 1. The second-order valence-corrected chi connectivity index (χ2v) is 5.52. The van der Waals surface area contributed by atoms with Crippen molar-refractivity contribution in [3.8, 4) is 17.3 Å². The monoisotopic (exact) mass is 324 g/mol. The molecule has 4 heterocycles. The maximum atomic E-state index is 12.5. The average molecular weight is 324 g/mol. The molecule has 0 fully saturated rings. The normalized spacial score (nSPS) is 15.8. The number of aliphatic imine (C=N–C) groups is 1. The minimum Gasteiger partial charge on any atom is -0.478 e. The minimum absolute atomic E-state index is 0.198. The lowest BCUT2D eigenvalue weighted by Crippen LogP contribution is -2.26. The first-order valence-corrected chi connectivity index (χ1v) is 7.84. The van der Waals surface area contributed by atoms with Crippen molar-refractivity contribution in [2.75, 3.05) is 6.61 Å². The van der Waals surface area contributed by atoms with Crippen LogP contribution < -0.4 is 4.74 Å². The molecule has 2 aliphatic rings. The topological polar surface area (TPSA) is 85.5 Å². The predicted molar refractivity (Wildman–Crippen MR) is 86.6 cm³/mol. The van der Waals surface area contributed by atoms with Crippen molar-refractivity contribution in [3.05, 3.63) is 36.1 Å². The molecule has 8 heteroatoms. The van der Waals surface area contributed by atoms with Crippen LogP contribution in [-0.2, 0) is 6.54 Å². The van der Waals surface area contributed by atoms with Crippen LogP contribution in [0.1, 0.15) is 25.6 Å². The Hall–Kier alpha value is -3.03. The number of ether oxygens (including phenoxy) is 1. The molecule has 8 nitrogen and oxygen atoms in total. The lowest BCUT2D eigenvalue weighted by atomic mass is 10.3. The van der Waals surface area contributed by atoms with E-state index in [4.69, 9.17) is 4.74 Å². The van der Waals surface area contributed by atoms with E-state index in [-0.39, 0.29) is 6.03 Å². The van der Waals surface area contributed by atoms with Gasteiger partial charge in [0.1, 0.15) is 0 Å². The molecule has 0 aliphatic carbocycles. The standard InChI is InChI=1S/C16H16N6O2/c1-2-7-24-14-4-3-11(8-18-14)15-19-13-10-21(12-5-6-17-9-12)16(23)22(13)20-15/h3-4,6,8-9H,2,5,7,10H2,1H3. The molecule has 1 amide bonds. The lowest BCUT2D eigenvalue weighted by Gasteiger charge is -2.14. The van der Waals surface area contributed by atoms with Crippen molar-refractivity contribution in [1.29, 1.82) is 0 Å². The molecule has 0 spiro atoms. The number of hydrogen-bond donors (Lipinski definition) is 0. The fourth-order valence-electron chi connectivity index (χ4n) is 2.59. The minimum atomic E-state index is -0.198. The van der Waals surface area contributed by atoms with E-state index in [0.29, 0.717) is 37.1 Å². The summed E-state index contributed by atoms with van der Waals surface area (Å²) in [4.78, 5) is 26.8. The number of rotatable bonds is 5. The Morgan fingerprint density at radius 2 is 2.25 bits per heavy atom. The third-order valence-electron chi connectivity index (χ3n) is 3.81. The quantitative estimate of drug-likeness (QED) is 0.842. The second-order valence-electron chi connectivity index (χ2n) is 5.52. The number of allylic oxidation sites excluding steroid dienone is 1. The van der Waals surface area contributed by atoms with Crippen molar-refractivity contribution in [3.63, 3.8) is 0 Å². The van der Waals surface area contributed by atoms with Crippen molar-refractivity contribution >= 4 is 12.2 Å². The molecule has 0 bridgehead atoms. The van der Waals surface area contributed by atoms with Gasteiger partial charge >= 0.3 is 6.03 Å². The fraction of sp³-hybridized carbons (Fsp3) is 0.312. The fourth-order valence-corrected chi connectivity index (χ4v) is 2.59. The van der Waals surface area contributed by atoms with Crippen LogP contribution in [0.25, 0.3) is 11.4 Å². The summed E-state index contributed by atoms with van der Waals surface area (Å²) in [6.07, 6.45) is 6.72. The molecule has 2 aromatic heterocycles. The second kappa shape index (κ2) is 5.88. The summed E-state index contributed by atoms with van der Waals surface area (Å²) in [6, 6.07) is 3.43. The first kappa shape index (κ1) is 14.6. The summed E-state index contributed by atoms with van der Waals surface area (Å²) in [5.74, 6) is 1.68. The molecular formula is C16H16N6O2. The maximum absolute atomic E-state index is 12.5. The van der Waals surface area contributed by atoms with Gasteiger partial charge in [0.25, 0.3) is 0 Å². The average Bonchev–Trinajstić information content (AvgIpc) is 3.31. The predicted octanol–water partition coefficient (Wildman–Crippen LogP) is 2.23. The largest absolute Gasteiger partial charge is 0.478 e. The molecule has 0 aromatic carbocycles. The smallest absolute Gasteiger partial charge is 0.351 e. The van der Waals surface area contributed by atoms with Gasteiger partial charge in [0, 0.05) is 42.4 Å². The molecule has 2 aromatic rings. The summed E-state index contributed by atoms with van der Waals surface area (Å²) in [5.41, 5.74) is 1.62. The summed E-state index contributed by atoms with van der Waals surface area (Å²) in [7, 11) is 0. The number of fused-ring (bicyclic) bond motifs is 1. The summed E-state index contributed by atoms with van der Waals surface area (Å²) < 4.78 is 6.80. The Labute approximate surface area is 138 Å². The highest BCUT2D eigenvalue weighted by Gasteiger charge is 2.33. The van der Waals surface area contributed by atoms with Gasteiger partial charge in [-0.05, 0) is 12.5 Å². The van der Waals surface area contributed by atoms with Crippen LogP contribution in [0.3, 0.4) is 0 Å². The molecule has 4 rings (SSSR count). The summed E-state index contributed by atoms with van der Waals surface area (Å²) >= 11 is 0. The van der Waals surface area contributed by atoms with Crippen LogP contribution in [0.5, 0.6) is 5.88 Å². The molecule has 24 heavy (non-hydrogen) atoms. The van der Waals surface area contributed by atoms with Crippen molar-refractivity contribution < 1.29 is 9.53 Å². The third kappa shape index (κ3) is 2.45. The summed E-state index contributed by atoms with van der Waals surface area (Å²) in [5, 5.41) is 4.32. The van der Waals surface area contributed by atoms with Crippen LogP contribution in [0.2, 0.25) is 0 Å². The number of nitrogens with zero attached hydrogens (tertiary/aromatic N) is 6. The van der Waals surface area contributed by atoms with Crippen molar-refractivity contribution in [2.24, 2.45) is 4.99 Å². The highest BCUT2D eigenvalue weighted by atomic mass is 16.5. The van der Waals surface area contributed by atoms with Crippen LogP contribution in [0, 0.1) is 0 Å². The third-order valence-corrected chi connectivity index (χ3v) is 3.81. The van der Waals surface area contributed by atoms with Crippen molar-refractivity contribution in [2.45, 2.75) is 26.3 Å². The number of aromatic nitrogens is 4. The Morgan fingerprint density at radius 3 is 2.92 bits per heavy atom. The van der Waals surface area contributed by atoms with Crippen molar-refractivity contribution in [1.82, 2.24) is 24.6 Å². The van der Waals surface area contributed by atoms with Gasteiger partial charge in [-0.1, -0.05) is 6.92 Å². The molecule has 2 aliphatic heterocycles. The molecule has 0 saturated carbocycles. The molecule has 0 radical (unpaired) electrons. The van der Waals surface area contributed by atoms with Gasteiger partial charge in [0.15, 0.2) is 11.6 Å². The Balaban J connectivity index is 1.53. The van der Waals surface area contributed by atoms with E-state index in [9.17, 15) is 4.79 Å². The van der Waals surface area contributed by atoms with Crippen LogP contribution in [0.4, 0.5) is 4.79 Å². The molecule has 0 N–H and O–H groups in total. The SMILES string of the molecule is CCCOc1ccc(-c2nc3n(n2)C(=O)N(C2=CN=CC2)C3)cn1. The van der Waals surface area contributed by atoms with E-state index in [1.165, 1.54) is 4.68 Å². The Bertz CT molecular complexity index is 837. The van der Waals surface area contributed by atoms with Gasteiger partial charge in [-0.3, -0.25) is 9.89 Å². The van der Waals surface area contributed by atoms with Gasteiger partial charge < -0.3 is 4.74 Å². The first-order valence-electron chi connectivity index (χ1n) is 7.84. The molecule has 0 unspecified atom stereocenters. The number of amides is 1. The van der Waals surface area contributed by atoms with E-state index in [0.717, 1.165) is 17.7 Å². The number of pyridine rings is 1. The number of hydrogen-bond acceptors (Lipinski definition) is 6. The molecule has 0 saturated heterocycles. The maximum Gasteiger partial charge on any atom is 0.351 e. The first-order chi connectivity index (χ1) is 11.8. The molecular weight excluding hydrogens is 308 g/mol. The van der Waals surface area contributed by atoms with E-state index in [1.807, 2.05) is 13.0 Å². The van der Waals surface area contributed by atoms with E-state index < -0.39 is 0 Å². The molecule has 122 valence electrons. The van der Waals surface area contributed by atoms with Gasteiger partial charge in [0.05, 0.1) is 13.2 Å². The van der Waals surface area contributed by atoms with Crippen LogP contribution in [-0.4, -0.2) is 43.5 Å². The highest BCUT2D eigenvalue weighted by Crippen LogP contribution is 2.25. The zero-order valence-corrected chi connectivity index (χ0v) is 13.2. The van der Waals surface area contributed by atoms with E-state index in [1.54, 1.807) is 29.6 Å².